The van der Waals surface area contributed by atoms with Crippen LogP contribution in [-0.2, 0) is 5.41 Å². The second kappa shape index (κ2) is 5.00. The molecule has 0 amide bonds. The van der Waals surface area contributed by atoms with Crippen LogP contribution in [0.25, 0.3) is 0 Å². The molecule has 1 nitrogen and oxygen atoms in total. The molecule has 0 saturated heterocycles. The van der Waals surface area contributed by atoms with Gasteiger partial charge in [0.2, 0.25) is 0 Å². The summed E-state index contributed by atoms with van der Waals surface area (Å²) in [5.41, 5.74) is 3.85. The average molecular weight is 252 g/mol. The highest BCUT2D eigenvalue weighted by Crippen LogP contribution is 2.40. The molecule has 0 N–H and O–H groups in total. The minimum absolute atomic E-state index is 0.0961. The van der Waals surface area contributed by atoms with E-state index in [4.69, 9.17) is 0 Å². The Hall–Kier alpha value is -1.89. The first-order valence-electron chi connectivity index (χ1n) is 6.86. The summed E-state index contributed by atoms with van der Waals surface area (Å²) in [6.45, 7) is 8.36. The zero-order valence-corrected chi connectivity index (χ0v) is 12.0. The summed E-state index contributed by atoms with van der Waals surface area (Å²) in [6, 6.07) is 15.8. The summed E-state index contributed by atoms with van der Waals surface area (Å²) in [4.78, 5) is 12.4. The molecule has 3 rings (SSSR count). The molecule has 1 aliphatic rings. The minimum atomic E-state index is -0.0961. The van der Waals surface area contributed by atoms with Crippen molar-refractivity contribution in [2.45, 2.75) is 33.1 Å². The number of rotatable bonds is 0. The molecule has 19 heavy (non-hydrogen) atoms. The Balaban J connectivity index is 0.000000637. The Labute approximate surface area is 115 Å². The summed E-state index contributed by atoms with van der Waals surface area (Å²) in [5.74, 6) is 0.149. The first-order valence-corrected chi connectivity index (χ1v) is 6.86. The van der Waals surface area contributed by atoms with Crippen LogP contribution in [0.4, 0.5) is 0 Å². The zero-order valence-electron chi connectivity index (χ0n) is 12.0. The molecule has 0 aliphatic heterocycles. The number of hydrogen-bond acceptors (Lipinski definition) is 1. The smallest absolute Gasteiger partial charge is 0.193 e. The summed E-state index contributed by atoms with van der Waals surface area (Å²) >= 11 is 0. The Morgan fingerprint density at radius 2 is 1.11 bits per heavy atom. The van der Waals surface area contributed by atoms with Gasteiger partial charge in [0.25, 0.3) is 0 Å². The Kier molecular flexibility index (Phi) is 3.57. The summed E-state index contributed by atoms with van der Waals surface area (Å²) in [5, 5.41) is 0. The van der Waals surface area contributed by atoms with Crippen LogP contribution in [0.15, 0.2) is 48.5 Å². The molecule has 0 fully saturated rings. The third-order valence-corrected chi connectivity index (χ3v) is 3.69. The number of fused-ring (bicyclic) bond motifs is 2. The fourth-order valence-corrected chi connectivity index (χ4v) is 2.74. The van der Waals surface area contributed by atoms with E-state index in [0.29, 0.717) is 0 Å². The van der Waals surface area contributed by atoms with Crippen molar-refractivity contribution in [2.24, 2.45) is 0 Å². The molecule has 98 valence electrons. The molecule has 0 heterocycles. The van der Waals surface area contributed by atoms with Crippen molar-refractivity contribution in [3.05, 3.63) is 70.8 Å². The molecule has 0 saturated carbocycles. The lowest BCUT2D eigenvalue weighted by atomic mass is 9.68. The van der Waals surface area contributed by atoms with Gasteiger partial charge in [-0.2, -0.15) is 0 Å². The van der Waals surface area contributed by atoms with Crippen LogP contribution in [0.5, 0.6) is 0 Å². The second-order valence-electron chi connectivity index (χ2n) is 5.05. The molecule has 0 aromatic heterocycles. The van der Waals surface area contributed by atoms with Crippen molar-refractivity contribution in [3.63, 3.8) is 0 Å². The van der Waals surface area contributed by atoms with E-state index in [1.807, 2.05) is 50.2 Å². The highest BCUT2D eigenvalue weighted by Gasteiger charge is 2.35. The quantitative estimate of drug-likeness (QED) is 0.670. The molecule has 0 bridgehead atoms. The van der Waals surface area contributed by atoms with E-state index < -0.39 is 0 Å². The Morgan fingerprint density at radius 3 is 1.53 bits per heavy atom. The van der Waals surface area contributed by atoms with Crippen molar-refractivity contribution < 1.29 is 4.79 Å². The molecular weight excluding hydrogens is 232 g/mol. The monoisotopic (exact) mass is 252 g/mol. The number of carbonyl (C=O) groups excluding carboxylic acids is 1. The van der Waals surface area contributed by atoms with E-state index in [0.717, 1.165) is 22.3 Å². The maximum absolute atomic E-state index is 12.4. The number of carbonyl (C=O) groups is 1. The van der Waals surface area contributed by atoms with Crippen LogP contribution in [0.2, 0.25) is 0 Å². The van der Waals surface area contributed by atoms with Gasteiger partial charge in [0.05, 0.1) is 0 Å². The maximum Gasteiger partial charge on any atom is 0.193 e. The lowest BCUT2D eigenvalue weighted by Crippen LogP contribution is -2.30. The van der Waals surface area contributed by atoms with E-state index in [2.05, 4.69) is 26.0 Å². The predicted octanol–water partition coefficient (Wildman–Crippen LogP) is 4.58. The normalized spacial score (nSPS) is 14.8. The summed E-state index contributed by atoms with van der Waals surface area (Å²) in [6.07, 6.45) is 0. The Morgan fingerprint density at radius 1 is 0.737 bits per heavy atom. The highest BCUT2D eigenvalue weighted by molar-refractivity contribution is 6.13. The fraction of sp³-hybridized carbons (Fsp3) is 0.278. The molecule has 2 aromatic rings. The highest BCUT2D eigenvalue weighted by atomic mass is 16.1. The second-order valence-corrected chi connectivity index (χ2v) is 5.05. The predicted molar refractivity (Wildman–Crippen MR) is 79.8 cm³/mol. The third kappa shape index (κ3) is 1.99. The SMILES string of the molecule is CC.CC1(C)c2ccccc2C(=O)c2ccccc21. The van der Waals surface area contributed by atoms with Crippen LogP contribution in [0.1, 0.15) is 54.7 Å². The van der Waals surface area contributed by atoms with Gasteiger partial charge in [-0.3, -0.25) is 4.79 Å². The topological polar surface area (TPSA) is 17.1 Å². The average Bonchev–Trinajstić information content (AvgIpc) is 2.47. The minimum Gasteiger partial charge on any atom is -0.289 e. The van der Waals surface area contributed by atoms with Gasteiger partial charge >= 0.3 is 0 Å². The van der Waals surface area contributed by atoms with E-state index in [-0.39, 0.29) is 11.2 Å². The molecule has 0 spiro atoms. The fourth-order valence-electron chi connectivity index (χ4n) is 2.74. The lowest BCUT2D eigenvalue weighted by Gasteiger charge is -2.34. The standard InChI is InChI=1S/C16H14O.C2H6/c1-16(2)13-9-5-3-7-11(13)15(17)12-8-4-6-10-14(12)16;1-2/h3-10H,1-2H3;1-2H3. The van der Waals surface area contributed by atoms with E-state index in [9.17, 15) is 4.79 Å². The van der Waals surface area contributed by atoms with Crippen molar-refractivity contribution >= 4 is 5.78 Å². The van der Waals surface area contributed by atoms with Crippen molar-refractivity contribution in [1.29, 1.82) is 0 Å². The first kappa shape index (κ1) is 13.5. The van der Waals surface area contributed by atoms with Gasteiger partial charge in [-0.15, -0.1) is 0 Å². The first-order chi connectivity index (χ1) is 9.12. The maximum atomic E-state index is 12.4. The third-order valence-electron chi connectivity index (χ3n) is 3.69. The molecule has 0 atom stereocenters. The van der Waals surface area contributed by atoms with Gasteiger partial charge in [0.1, 0.15) is 0 Å². The van der Waals surface area contributed by atoms with Crippen LogP contribution in [-0.4, -0.2) is 5.78 Å². The number of ketones is 1. The Bertz CT molecular complexity index is 557. The van der Waals surface area contributed by atoms with Gasteiger partial charge in [-0.25, -0.2) is 0 Å². The summed E-state index contributed by atoms with van der Waals surface area (Å²) < 4.78 is 0. The van der Waals surface area contributed by atoms with Crippen molar-refractivity contribution in [3.8, 4) is 0 Å². The lowest BCUT2D eigenvalue weighted by molar-refractivity contribution is 0.103. The molecule has 1 aliphatic carbocycles. The van der Waals surface area contributed by atoms with E-state index >= 15 is 0 Å². The molecule has 0 unspecified atom stereocenters. The molecular formula is C18H20O. The van der Waals surface area contributed by atoms with Gasteiger partial charge < -0.3 is 0 Å². The molecule has 1 heteroatoms. The zero-order chi connectivity index (χ0) is 14.0. The van der Waals surface area contributed by atoms with Crippen molar-refractivity contribution in [2.75, 3.05) is 0 Å². The van der Waals surface area contributed by atoms with E-state index in [1.165, 1.54) is 0 Å². The number of hydrogen-bond donors (Lipinski definition) is 0. The van der Waals surface area contributed by atoms with E-state index in [1.54, 1.807) is 0 Å². The molecule has 2 aromatic carbocycles. The van der Waals surface area contributed by atoms with Crippen LogP contribution in [0, 0.1) is 0 Å². The van der Waals surface area contributed by atoms with Crippen molar-refractivity contribution in [1.82, 2.24) is 0 Å². The van der Waals surface area contributed by atoms with Gasteiger partial charge in [-0.1, -0.05) is 76.2 Å². The van der Waals surface area contributed by atoms with Gasteiger partial charge in [-0.05, 0) is 11.1 Å². The van der Waals surface area contributed by atoms with Crippen LogP contribution < -0.4 is 0 Å². The van der Waals surface area contributed by atoms with Crippen LogP contribution in [0.3, 0.4) is 0 Å². The summed E-state index contributed by atoms with van der Waals surface area (Å²) in [7, 11) is 0. The number of benzene rings is 2. The van der Waals surface area contributed by atoms with Crippen LogP contribution >= 0.6 is 0 Å². The van der Waals surface area contributed by atoms with Gasteiger partial charge in [0.15, 0.2) is 5.78 Å². The molecule has 0 radical (unpaired) electrons. The van der Waals surface area contributed by atoms with Gasteiger partial charge in [0, 0.05) is 16.5 Å². The largest absolute Gasteiger partial charge is 0.289 e.